The van der Waals surface area contributed by atoms with E-state index >= 15 is 0 Å². The summed E-state index contributed by atoms with van der Waals surface area (Å²) in [4.78, 5) is 25.3. The van der Waals surface area contributed by atoms with E-state index in [1.54, 1.807) is 26.8 Å². The molecule has 9 nitrogen and oxygen atoms in total. The van der Waals surface area contributed by atoms with Gasteiger partial charge in [0.05, 0.1) is 4.92 Å². The Labute approximate surface area is 182 Å². The predicted octanol–water partition coefficient (Wildman–Crippen LogP) is 3.92. The Morgan fingerprint density at radius 2 is 2.19 bits per heavy atom. The molecular weight excluding hydrogens is 400 g/mol. The number of hydrogen-bond donors (Lipinski definition) is 1. The van der Waals surface area contributed by atoms with Crippen LogP contribution in [0.25, 0.3) is 0 Å². The number of nitrogens with one attached hydrogen (secondary N) is 1. The second-order valence-corrected chi connectivity index (χ2v) is 9.85. The molecule has 1 fully saturated rings. The molecule has 0 saturated carbocycles. The predicted molar refractivity (Wildman–Crippen MR) is 115 cm³/mol. The summed E-state index contributed by atoms with van der Waals surface area (Å²) in [5.74, 6) is 0.528. The molecule has 0 aliphatic carbocycles. The number of carbonyl (C=O) groups excluding carboxylic acids is 1. The van der Waals surface area contributed by atoms with E-state index in [1.165, 1.54) is 0 Å². The molecule has 1 N–H and O–H groups in total. The number of nitrogens with zero attached hydrogens (tertiary/aromatic N) is 3. The molecule has 0 radical (unpaired) electrons. The number of nitro benzene ring substituents is 1. The molecule has 1 amide bonds. The molecule has 2 aliphatic rings. The number of carbonyl (C=O) groups is 1. The smallest absolute Gasteiger partial charge is 0.407 e. The highest BCUT2D eigenvalue weighted by Gasteiger charge is 2.39. The van der Waals surface area contributed by atoms with Gasteiger partial charge in [0.2, 0.25) is 0 Å². The third kappa shape index (κ3) is 5.19. The van der Waals surface area contributed by atoms with Crippen molar-refractivity contribution in [2.24, 2.45) is 5.92 Å². The molecule has 0 aromatic heterocycles. The van der Waals surface area contributed by atoms with Gasteiger partial charge < -0.3 is 19.7 Å². The summed E-state index contributed by atoms with van der Waals surface area (Å²) >= 11 is 0. The molecule has 1 aromatic carbocycles. The summed E-state index contributed by atoms with van der Waals surface area (Å²) in [5, 5.41) is 24.6. The first-order chi connectivity index (χ1) is 14.4. The van der Waals surface area contributed by atoms with Crippen LogP contribution in [0.1, 0.15) is 58.6 Å². The molecule has 1 atom stereocenters. The van der Waals surface area contributed by atoms with Crippen LogP contribution in [0.4, 0.5) is 16.2 Å². The van der Waals surface area contributed by atoms with Crippen molar-refractivity contribution in [3.05, 3.63) is 27.3 Å². The first-order valence-electron chi connectivity index (χ1n) is 10.6. The largest absolute Gasteiger partial charge is 0.486 e. The van der Waals surface area contributed by atoms with Crippen LogP contribution >= 0.6 is 0 Å². The lowest BCUT2D eigenvalue weighted by Crippen LogP contribution is -2.42. The number of benzene rings is 1. The first kappa shape index (κ1) is 22.7. The molecule has 2 aliphatic heterocycles. The van der Waals surface area contributed by atoms with E-state index in [4.69, 9.17) is 9.47 Å². The van der Waals surface area contributed by atoms with Crippen LogP contribution in [0.3, 0.4) is 0 Å². The van der Waals surface area contributed by atoms with Crippen molar-refractivity contribution >= 4 is 17.5 Å². The van der Waals surface area contributed by atoms with Gasteiger partial charge in [0.1, 0.15) is 34.3 Å². The fourth-order valence-corrected chi connectivity index (χ4v) is 4.25. The molecule has 3 rings (SSSR count). The van der Waals surface area contributed by atoms with Crippen molar-refractivity contribution in [1.82, 2.24) is 5.32 Å². The quantitative estimate of drug-likeness (QED) is 0.568. The maximum Gasteiger partial charge on any atom is 0.407 e. The zero-order valence-corrected chi connectivity index (χ0v) is 18.8. The van der Waals surface area contributed by atoms with Crippen molar-refractivity contribution in [1.29, 1.82) is 5.26 Å². The van der Waals surface area contributed by atoms with E-state index < -0.39 is 22.2 Å². The zero-order valence-electron chi connectivity index (χ0n) is 18.8. The molecule has 9 heteroatoms. The van der Waals surface area contributed by atoms with Crippen LogP contribution in [0, 0.1) is 27.4 Å². The summed E-state index contributed by atoms with van der Waals surface area (Å²) in [6.45, 7) is 10.7. The lowest BCUT2D eigenvalue weighted by Gasteiger charge is -2.35. The van der Waals surface area contributed by atoms with Gasteiger partial charge >= 0.3 is 6.09 Å². The Morgan fingerprint density at radius 3 is 2.81 bits per heavy atom. The maximum absolute atomic E-state index is 12.0. The minimum Gasteiger partial charge on any atom is -0.486 e. The minimum absolute atomic E-state index is 0.0719. The molecule has 1 aromatic rings. The highest BCUT2D eigenvalue weighted by atomic mass is 16.6. The Bertz CT molecular complexity index is 929. The molecule has 31 heavy (non-hydrogen) atoms. The number of fused-ring (bicyclic) bond motifs is 1. The van der Waals surface area contributed by atoms with Crippen LogP contribution < -0.4 is 15.0 Å². The number of anilines is 1. The number of ether oxygens (including phenoxy) is 2. The monoisotopic (exact) mass is 430 g/mol. The first-order valence-corrected chi connectivity index (χ1v) is 10.6. The molecule has 0 bridgehead atoms. The van der Waals surface area contributed by atoms with Gasteiger partial charge in [0, 0.05) is 37.7 Å². The summed E-state index contributed by atoms with van der Waals surface area (Å²) in [7, 11) is 0. The summed E-state index contributed by atoms with van der Waals surface area (Å²) in [6, 6.07) is 3.70. The van der Waals surface area contributed by atoms with Gasteiger partial charge in [-0.3, -0.25) is 10.1 Å². The van der Waals surface area contributed by atoms with Crippen molar-refractivity contribution < 1.29 is 19.2 Å². The van der Waals surface area contributed by atoms with Gasteiger partial charge in [0.25, 0.3) is 5.69 Å². The van der Waals surface area contributed by atoms with E-state index in [0.717, 1.165) is 12.8 Å². The lowest BCUT2D eigenvalue weighted by molar-refractivity contribution is -0.384. The van der Waals surface area contributed by atoms with E-state index in [2.05, 4.69) is 11.4 Å². The Morgan fingerprint density at radius 1 is 1.48 bits per heavy atom. The Hall–Kier alpha value is -3.02. The number of nitro groups is 1. The van der Waals surface area contributed by atoms with Crippen molar-refractivity contribution in [2.75, 3.05) is 24.5 Å². The number of hydrogen-bond acceptors (Lipinski definition) is 7. The van der Waals surface area contributed by atoms with Crippen molar-refractivity contribution in [3.8, 4) is 11.8 Å². The SMILES string of the molecule is CC(C)(C)OC(=O)NC[C@@H]1CCCN(c2c([N+](=O)[O-])cc3c(c2C#N)OC(C)(C)C3)C1. The molecule has 0 spiro atoms. The lowest BCUT2D eigenvalue weighted by atomic mass is 9.94. The molecular formula is C22H30N4O5. The number of amides is 1. The number of rotatable bonds is 4. The molecule has 168 valence electrons. The highest BCUT2D eigenvalue weighted by molar-refractivity contribution is 5.78. The van der Waals surface area contributed by atoms with Crippen LogP contribution in [0.5, 0.6) is 5.75 Å². The third-order valence-electron chi connectivity index (χ3n) is 5.38. The number of alkyl carbamates (subject to hydrolysis) is 1. The van der Waals surface area contributed by atoms with Crippen molar-refractivity contribution in [2.45, 2.75) is 65.1 Å². The standard InChI is InChI=1S/C22H30N4O5/c1-21(2,3)31-20(27)24-12-14-7-6-8-25(13-14)18-16(11-23)19-15(9-17(18)26(28)29)10-22(4,5)30-19/h9,14H,6-8,10,12-13H2,1-5H3,(H,24,27)/t14-/m0/s1. The molecule has 2 heterocycles. The van der Waals surface area contributed by atoms with Crippen LogP contribution in [0.15, 0.2) is 6.07 Å². The minimum atomic E-state index is -0.580. The normalized spacial score (nSPS) is 19.7. The summed E-state index contributed by atoms with van der Waals surface area (Å²) < 4.78 is 11.3. The number of piperidine rings is 1. The summed E-state index contributed by atoms with van der Waals surface area (Å²) in [6.07, 6.45) is 1.70. The highest BCUT2D eigenvalue weighted by Crippen LogP contribution is 2.47. The van der Waals surface area contributed by atoms with Gasteiger partial charge in [-0.05, 0) is 53.4 Å². The van der Waals surface area contributed by atoms with Crippen LogP contribution in [0.2, 0.25) is 0 Å². The zero-order chi connectivity index (χ0) is 23.0. The van der Waals surface area contributed by atoms with Gasteiger partial charge in [0.15, 0.2) is 0 Å². The van der Waals surface area contributed by atoms with Crippen molar-refractivity contribution in [3.63, 3.8) is 0 Å². The average molecular weight is 431 g/mol. The van der Waals surface area contributed by atoms with E-state index in [0.29, 0.717) is 43.1 Å². The topological polar surface area (TPSA) is 118 Å². The Kier molecular flexibility index (Phi) is 6.03. The average Bonchev–Trinajstić information content (AvgIpc) is 2.97. The fourth-order valence-electron chi connectivity index (χ4n) is 4.25. The second kappa shape index (κ2) is 8.25. The fraction of sp³-hybridized carbons (Fsp3) is 0.636. The number of nitriles is 1. The molecule has 0 unspecified atom stereocenters. The molecule has 1 saturated heterocycles. The van der Waals surface area contributed by atoms with Gasteiger partial charge in [-0.15, -0.1) is 0 Å². The van der Waals surface area contributed by atoms with E-state index in [9.17, 15) is 20.2 Å². The maximum atomic E-state index is 12.0. The summed E-state index contributed by atoms with van der Waals surface area (Å²) in [5.41, 5.74) is 0.0571. The second-order valence-electron chi connectivity index (χ2n) is 9.85. The van der Waals surface area contributed by atoms with Crippen LogP contribution in [-0.2, 0) is 11.2 Å². The van der Waals surface area contributed by atoms with Gasteiger partial charge in [-0.1, -0.05) is 0 Å². The van der Waals surface area contributed by atoms with E-state index in [-0.39, 0.29) is 17.2 Å². The van der Waals surface area contributed by atoms with Gasteiger partial charge in [-0.25, -0.2) is 4.79 Å². The van der Waals surface area contributed by atoms with E-state index in [1.807, 2.05) is 18.7 Å². The van der Waals surface area contributed by atoms with Crippen LogP contribution in [-0.4, -0.2) is 41.9 Å². The third-order valence-corrected chi connectivity index (χ3v) is 5.38. The van der Waals surface area contributed by atoms with Gasteiger partial charge in [-0.2, -0.15) is 5.26 Å². The Balaban J connectivity index is 1.84.